The van der Waals surface area contributed by atoms with Crippen LogP contribution < -0.4 is 5.73 Å². The lowest BCUT2D eigenvalue weighted by atomic mass is 9.88. The van der Waals surface area contributed by atoms with Crippen molar-refractivity contribution in [2.75, 3.05) is 0 Å². The van der Waals surface area contributed by atoms with E-state index in [0.717, 1.165) is 11.3 Å². The van der Waals surface area contributed by atoms with E-state index in [2.05, 4.69) is 32.3 Å². The van der Waals surface area contributed by atoms with Crippen molar-refractivity contribution in [1.82, 2.24) is 0 Å². The zero-order chi connectivity index (χ0) is 9.78. The molecule has 0 spiro atoms. The number of hydrogen-bond donors (Lipinski definition) is 1. The maximum atomic E-state index is 5.46. The number of allylic oxidation sites excluding steroid dienone is 2. The fraction of sp³-hybridized carbons (Fsp3) is 0.500. The quantitative estimate of drug-likeness (QED) is 0.629. The first-order chi connectivity index (χ1) is 5.38. The number of hydrogen-bond acceptors (Lipinski definition) is 2. The molecular formula is C10H18N2. The van der Waals surface area contributed by atoms with Crippen LogP contribution in [0.3, 0.4) is 0 Å². The molecule has 0 bridgehead atoms. The molecular weight excluding hydrogens is 148 g/mol. The fourth-order valence-corrected chi connectivity index (χ4v) is 0.666. The molecule has 0 saturated heterocycles. The average Bonchev–Trinajstić information content (AvgIpc) is 1.85. The SMILES string of the molecule is C=C(C)/N=C\C(=C/N)C(C)(C)C. The van der Waals surface area contributed by atoms with E-state index in [0.29, 0.717) is 0 Å². The first-order valence-corrected chi connectivity index (χ1v) is 4.00. The summed E-state index contributed by atoms with van der Waals surface area (Å²) in [5.41, 5.74) is 7.32. The third kappa shape index (κ3) is 3.96. The van der Waals surface area contributed by atoms with Crippen molar-refractivity contribution in [2.24, 2.45) is 16.1 Å². The van der Waals surface area contributed by atoms with Crippen molar-refractivity contribution in [1.29, 1.82) is 0 Å². The Morgan fingerprint density at radius 1 is 1.42 bits per heavy atom. The Bertz CT molecular complexity index is 216. The van der Waals surface area contributed by atoms with Gasteiger partial charge in [-0.25, -0.2) is 0 Å². The average molecular weight is 166 g/mol. The van der Waals surface area contributed by atoms with Gasteiger partial charge in [0.2, 0.25) is 0 Å². The van der Waals surface area contributed by atoms with E-state index >= 15 is 0 Å². The molecule has 0 rings (SSSR count). The highest BCUT2D eigenvalue weighted by molar-refractivity contribution is 5.80. The zero-order valence-corrected chi connectivity index (χ0v) is 8.39. The van der Waals surface area contributed by atoms with Crippen molar-refractivity contribution in [2.45, 2.75) is 27.7 Å². The van der Waals surface area contributed by atoms with Crippen molar-refractivity contribution in [3.05, 3.63) is 24.0 Å². The van der Waals surface area contributed by atoms with Crippen molar-refractivity contribution >= 4 is 6.21 Å². The Morgan fingerprint density at radius 3 is 2.17 bits per heavy atom. The summed E-state index contributed by atoms with van der Waals surface area (Å²) >= 11 is 0. The summed E-state index contributed by atoms with van der Waals surface area (Å²) < 4.78 is 0. The highest BCUT2D eigenvalue weighted by atomic mass is 14.7. The third-order valence-electron chi connectivity index (χ3n) is 1.47. The normalized spacial score (nSPS) is 13.8. The third-order valence-corrected chi connectivity index (χ3v) is 1.47. The Balaban J connectivity index is 4.53. The molecule has 0 heterocycles. The van der Waals surface area contributed by atoms with Crippen LogP contribution in [0.2, 0.25) is 0 Å². The zero-order valence-electron chi connectivity index (χ0n) is 8.39. The largest absolute Gasteiger partial charge is 0.404 e. The predicted octanol–water partition coefficient (Wildman–Crippen LogP) is 2.48. The molecule has 0 fully saturated rings. The molecule has 2 N–H and O–H groups in total. The molecule has 0 aliphatic rings. The van der Waals surface area contributed by atoms with Gasteiger partial charge in [-0.15, -0.1) is 0 Å². The van der Waals surface area contributed by atoms with Gasteiger partial charge in [0, 0.05) is 11.9 Å². The lowest BCUT2D eigenvalue weighted by molar-refractivity contribution is 0.525. The van der Waals surface area contributed by atoms with Gasteiger partial charge in [-0.05, 0) is 24.1 Å². The topological polar surface area (TPSA) is 38.4 Å². The van der Waals surface area contributed by atoms with Crippen LogP contribution in [0.4, 0.5) is 0 Å². The Kier molecular flexibility index (Phi) is 3.74. The second kappa shape index (κ2) is 4.10. The van der Waals surface area contributed by atoms with Gasteiger partial charge < -0.3 is 5.73 Å². The van der Waals surface area contributed by atoms with Crippen LogP contribution in [0.1, 0.15) is 27.7 Å². The lowest BCUT2D eigenvalue weighted by Crippen LogP contribution is -2.12. The van der Waals surface area contributed by atoms with E-state index in [1.165, 1.54) is 0 Å². The minimum atomic E-state index is 0.0493. The maximum absolute atomic E-state index is 5.46. The van der Waals surface area contributed by atoms with E-state index in [1.54, 1.807) is 12.4 Å². The van der Waals surface area contributed by atoms with Crippen LogP contribution in [-0.2, 0) is 0 Å². The van der Waals surface area contributed by atoms with Gasteiger partial charge in [0.05, 0.1) is 0 Å². The first-order valence-electron chi connectivity index (χ1n) is 4.00. The Labute approximate surface area is 74.9 Å². The van der Waals surface area contributed by atoms with Crippen molar-refractivity contribution in [3.63, 3.8) is 0 Å². The van der Waals surface area contributed by atoms with Gasteiger partial charge in [0.1, 0.15) is 0 Å². The summed E-state index contributed by atoms with van der Waals surface area (Å²) in [4.78, 5) is 4.09. The van der Waals surface area contributed by atoms with Gasteiger partial charge in [-0.1, -0.05) is 27.4 Å². The molecule has 0 aromatic carbocycles. The van der Waals surface area contributed by atoms with E-state index < -0.39 is 0 Å². The van der Waals surface area contributed by atoms with Crippen LogP contribution in [0.5, 0.6) is 0 Å². The van der Waals surface area contributed by atoms with Crippen molar-refractivity contribution in [3.8, 4) is 0 Å². The Morgan fingerprint density at radius 2 is 1.92 bits per heavy atom. The molecule has 0 unspecified atom stereocenters. The number of nitrogens with zero attached hydrogens (tertiary/aromatic N) is 1. The molecule has 2 heteroatoms. The fourth-order valence-electron chi connectivity index (χ4n) is 0.666. The Hall–Kier alpha value is -1.05. The molecule has 0 saturated carbocycles. The molecule has 0 radical (unpaired) electrons. The minimum Gasteiger partial charge on any atom is -0.404 e. The first kappa shape index (κ1) is 11.0. The summed E-state index contributed by atoms with van der Waals surface area (Å²) in [6, 6.07) is 0. The predicted molar refractivity (Wildman–Crippen MR) is 55.0 cm³/mol. The van der Waals surface area contributed by atoms with Gasteiger partial charge in [0.25, 0.3) is 0 Å². The molecule has 12 heavy (non-hydrogen) atoms. The summed E-state index contributed by atoms with van der Waals surface area (Å²) in [6.45, 7) is 11.8. The monoisotopic (exact) mass is 166 g/mol. The van der Waals surface area contributed by atoms with Gasteiger partial charge >= 0.3 is 0 Å². The maximum Gasteiger partial charge on any atom is 0.0322 e. The molecule has 0 aliphatic heterocycles. The minimum absolute atomic E-state index is 0.0493. The molecule has 0 amide bonds. The summed E-state index contributed by atoms with van der Waals surface area (Å²) in [5.74, 6) is 0. The second-order valence-corrected chi connectivity index (χ2v) is 3.87. The highest BCUT2D eigenvalue weighted by Gasteiger charge is 2.14. The smallest absolute Gasteiger partial charge is 0.0322 e. The van der Waals surface area contributed by atoms with E-state index in [4.69, 9.17) is 5.73 Å². The lowest BCUT2D eigenvalue weighted by Gasteiger charge is -2.18. The molecule has 68 valence electrons. The van der Waals surface area contributed by atoms with E-state index in [-0.39, 0.29) is 5.41 Å². The number of aliphatic imine (C=N–C) groups is 1. The van der Waals surface area contributed by atoms with Gasteiger partial charge in [0.15, 0.2) is 0 Å². The van der Waals surface area contributed by atoms with E-state index in [9.17, 15) is 0 Å². The summed E-state index contributed by atoms with van der Waals surface area (Å²) in [5, 5.41) is 0. The van der Waals surface area contributed by atoms with E-state index in [1.807, 2.05) is 6.92 Å². The van der Waals surface area contributed by atoms with Crippen LogP contribution in [-0.4, -0.2) is 6.21 Å². The van der Waals surface area contributed by atoms with Crippen LogP contribution in [0.25, 0.3) is 0 Å². The van der Waals surface area contributed by atoms with Gasteiger partial charge in [-0.2, -0.15) is 0 Å². The molecule has 0 aliphatic carbocycles. The molecule has 0 aromatic heterocycles. The molecule has 0 atom stereocenters. The van der Waals surface area contributed by atoms with Crippen LogP contribution >= 0.6 is 0 Å². The highest BCUT2D eigenvalue weighted by Crippen LogP contribution is 2.22. The van der Waals surface area contributed by atoms with Crippen LogP contribution in [0, 0.1) is 5.41 Å². The van der Waals surface area contributed by atoms with Crippen LogP contribution in [0.15, 0.2) is 29.0 Å². The second-order valence-electron chi connectivity index (χ2n) is 3.87. The number of rotatable bonds is 2. The van der Waals surface area contributed by atoms with Crippen molar-refractivity contribution < 1.29 is 0 Å². The van der Waals surface area contributed by atoms with Gasteiger partial charge in [-0.3, -0.25) is 4.99 Å². The number of nitrogens with two attached hydrogens (primary N) is 1. The summed E-state index contributed by atoms with van der Waals surface area (Å²) in [6.07, 6.45) is 3.36. The standard InChI is InChI=1S/C10H18N2/c1-8(2)12-7-9(6-11)10(3,4)5/h6-7H,1,11H2,2-5H3/b9-6+,12-7-. The molecule has 0 aromatic rings. The summed E-state index contributed by atoms with van der Waals surface area (Å²) in [7, 11) is 0. The molecule has 2 nitrogen and oxygen atoms in total.